The largest absolute Gasteiger partial charge is 0.453 e. The summed E-state index contributed by atoms with van der Waals surface area (Å²) in [5, 5.41) is 21.4. The van der Waals surface area contributed by atoms with Gasteiger partial charge in [-0.15, -0.1) is 0 Å². The van der Waals surface area contributed by atoms with Crippen LogP contribution in [0.1, 0.15) is 43.5 Å². The Hall–Kier alpha value is -2.69. The molecular formula is C23H33N5O5. The molecule has 10 heteroatoms. The molecule has 33 heavy (non-hydrogen) atoms. The molecule has 1 aromatic carbocycles. The molecule has 1 aromatic heterocycles. The average Bonchev–Trinajstić information content (AvgIpc) is 3.62. The molecule has 1 saturated carbocycles. The lowest BCUT2D eigenvalue weighted by Gasteiger charge is -2.33. The number of rotatable bonds is 9. The fourth-order valence-electron chi connectivity index (χ4n) is 4.38. The summed E-state index contributed by atoms with van der Waals surface area (Å²) in [6.45, 7) is 4.82. The Morgan fingerprint density at radius 1 is 1.42 bits per heavy atom. The quantitative estimate of drug-likeness (QED) is 0.484. The lowest BCUT2D eigenvalue weighted by atomic mass is 10.1. The monoisotopic (exact) mass is 459 g/mol. The highest BCUT2D eigenvalue weighted by Gasteiger charge is 2.41. The maximum absolute atomic E-state index is 13.4. The van der Waals surface area contributed by atoms with Gasteiger partial charge in [-0.2, -0.15) is 5.10 Å². The first-order valence-corrected chi connectivity index (χ1v) is 11.6. The number of hydrogen-bond donors (Lipinski definition) is 3. The molecule has 2 atom stereocenters. The van der Waals surface area contributed by atoms with Crippen molar-refractivity contribution in [1.29, 1.82) is 0 Å². The first-order chi connectivity index (χ1) is 16.0. The Kier molecular flexibility index (Phi) is 7.46. The third-order valence-corrected chi connectivity index (χ3v) is 6.24. The third kappa shape index (κ3) is 5.29. The molecule has 0 spiro atoms. The number of aryl methyl sites for hydroxylation is 1. The number of carbonyl (C=O) groups excluding carboxylic acids is 2. The maximum Gasteiger partial charge on any atom is 0.406 e. The van der Waals surface area contributed by atoms with Crippen LogP contribution in [0.15, 0.2) is 18.2 Å². The van der Waals surface area contributed by atoms with Crippen molar-refractivity contribution < 1.29 is 24.2 Å². The van der Waals surface area contributed by atoms with E-state index in [9.17, 15) is 14.7 Å². The van der Waals surface area contributed by atoms with Crippen LogP contribution >= 0.6 is 0 Å². The van der Waals surface area contributed by atoms with E-state index in [4.69, 9.17) is 9.84 Å². The van der Waals surface area contributed by atoms with Gasteiger partial charge < -0.3 is 30.1 Å². The predicted octanol–water partition coefficient (Wildman–Crippen LogP) is 1.32. The van der Waals surface area contributed by atoms with Crippen LogP contribution in [0, 0.1) is 0 Å². The summed E-state index contributed by atoms with van der Waals surface area (Å²) >= 11 is 0. The first kappa shape index (κ1) is 23.5. The van der Waals surface area contributed by atoms with Crippen LogP contribution in [0.3, 0.4) is 0 Å². The van der Waals surface area contributed by atoms with Crippen molar-refractivity contribution in [2.75, 3.05) is 33.4 Å². The van der Waals surface area contributed by atoms with Crippen LogP contribution in [0.25, 0.3) is 10.9 Å². The fraction of sp³-hybridized carbons (Fsp3) is 0.609. The van der Waals surface area contributed by atoms with Gasteiger partial charge in [0.05, 0.1) is 37.6 Å². The van der Waals surface area contributed by atoms with Gasteiger partial charge in [0.25, 0.3) is 5.91 Å². The molecule has 1 saturated heterocycles. The van der Waals surface area contributed by atoms with E-state index in [1.165, 1.54) is 7.11 Å². The highest BCUT2D eigenvalue weighted by atomic mass is 16.5. The molecule has 0 radical (unpaired) electrons. The Morgan fingerprint density at radius 3 is 2.91 bits per heavy atom. The summed E-state index contributed by atoms with van der Waals surface area (Å²) in [5.41, 5.74) is 2.53. The standard InChI is InChI=1S/C23H33N5O5/c1-15(28(17-5-6-17)22(30)20-13-24-9-11-33-20)21-18-7-4-16(14-29)12-19(18)27(26-21)10-3-8-25-23(31)32-2/h4,7,12,15,17,20,24,29H,3,5-6,8-11,13-14H2,1-2H3,(H,25,31)/t15-,20-/m1/s1. The minimum atomic E-state index is -0.472. The SMILES string of the molecule is COC(=O)NCCCn1nc([C@@H](C)N(C(=O)[C@H]2CNCCO2)C2CC2)c2ccc(CO)cc21. The van der Waals surface area contributed by atoms with Gasteiger partial charge >= 0.3 is 6.09 Å². The molecule has 1 aliphatic carbocycles. The van der Waals surface area contributed by atoms with Crippen LogP contribution in [-0.4, -0.2) is 77.3 Å². The molecule has 2 heterocycles. The van der Waals surface area contributed by atoms with E-state index < -0.39 is 12.2 Å². The summed E-state index contributed by atoms with van der Waals surface area (Å²) in [4.78, 5) is 26.6. The van der Waals surface area contributed by atoms with Crippen molar-refractivity contribution in [3.63, 3.8) is 0 Å². The van der Waals surface area contributed by atoms with Gasteiger partial charge in [-0.3, -0.25) is 9.48 Å². The van der Waals surface area contributed by atoms with Gasteiger partial charge in [0.2, 0.25) is 0 Å². The number of carbonyl (C=O) groups is 2. The second-order valence-electron chi connectivity index (χ2n) is 8.61. The summed E-state index contributed by atoms with van der Waals surface area (Å²) in [5.74, 6) is 0.00848. The number of ether oxygens (including phenoxy) is 2. The zero-order valence-corrected chi connectivity index (χ0v) is 19.2. The minimum absolute atomic E-state index is 0.00848. The Bertz CT molecular complexity index is 983. The minimum Gasteiger partial charge on any atom is -0.453 e. The van der Waals surface area contributed by atoms with Gasteiger partial charge in [-0.1, -0.05) is 12.1 Å². The van der Waals surface area contributed by atoms with E-state index in [0.29, 0.717) is 32.7 Å². The van der Waals surface area contributed by atoms with Crippen LogP contribution in [-0.2, 0) is 27.4 Å². The molecule has 3 N–H and O–H groups in total. The van der Waals surface area contributed by atoms with Crippen molar-refractivity contribution in [2.24, 2.45) is 0 Å². The van der Waals surface area contributed by atoms with Gasteiger partial charge in [0, 0.05) is 37.6 Å². The fourth-order valence-corrected chi connectivity index (χ4v) is 4.38. The summed E-state index contributed by atoms with van der Waals surface area (Å²) in [6.07, 6.45) is 1.71. The van der Waals surface area contributed by atoms with Crippen molar-refractivity contribution in [3.05, 3.63) is 29.5 Å². The van der Waals surface area contributed by atoms with E-state index >= 15 is 0 Å². The smallest absolute Gasteiger partial charge is 0.406 e. The third-order valence-electron chi connectivity index (χ3n) is 6.24. The van der Waals surface area contributed by atoms with Crippen LogP contribution in [0.5, 0.6) is 0 Å². The molecular weight excluding hydrogens is 426 g/mol. The number of nitrogens with one attached hydrogen (secondary N) is 2. The molecule has 1 aliphatic heterocycles. The molecule has 180 valence electrons. The molecule has 0 bridgehead atoms. The number of benzene rings is 1. The van der Waals surface area contributed by atoms with Crippen molar-refractivity contribution in [2.45, 2.75) is 57.5 Å². The number of hydrogen-bond acceptors (Lipinski definition) is 7. The number of aliphatic hydroxyl groups is 1. The molecule has 10 nitrogen and oxygen atoms in total. The second-order valence-corrected chi connectivity index (χ2v) is 8.61. The van der Waals surface area contributed by atoms with E-state index in [1.807, 2.05) is 34.7 Å². The van der Waals surface area contributed by atoms with E-state index in [0.717, 1.165) is 41.5 Å². The van der Waals surface area contributed by atoms with Gasteiger partial charge in [0.15, 0.2) is 0 Å². The Labute approximate surface area is 193 Å². The predicted molar refractivity (Wildman–Crippen MR) is 122 cm³/mol. The average molecular weight is 460 g/mol. The number of fused-ring (bicyclic) bond motifs is 1. The number of nitrogens with zero attached hydrogens (tertiary/aromatic N) is 3. The lowest BCUT2D eigenvalue weighted by molar-refractivity contribution is -0.148. The van der Waals surface area contributed by atoms with Crippen molar-refractivity contribution in [3.8, 4) is 0 Å². The summed E-state index contributed by atoms with van der Waals surface area (Å²) in [6, 6.07) is 5.79. The zero-order chi connectivity index (χ0) is 23.4. The van der Waals surface area contributed by atoms with Crippen molar-refractivity contribution in [1.82, 2.24) is 25.3 Å². The lowest BCUT2D eigenvalue weighted by Crippen LogP contribution is -2.50. The van der Waals surface area contributed by atoms with E-state index in [1.54, 1.807) is 0 Å². The van der Waals surface area contributed by atoms with Crippen LogP contribution in [0.2, 0.25) is 0 Å². The van der Waals surface area contributed by atoms with E-state index in [-0.39, 0.29) is 24.6 Å². The summed E-state index contributed by atoms with van der Waals surface area (Å²) in [7, 11) is 1.34. The van der Waals surface area contributed by atoms with E-state index in [2.05, 4.69) is 15.4 Å². The Balaban J connectivity index is 1.59. The van der Waals surface area contributed by atoms with Crippen molar-refractivity contribution >= 4 is 22.9 Å². The molecule has 2 fully saturated rings. The highest BCUT2D eigenvalue weighted by molar-refractivity contribution is 5.86. The number of aromatic nitrogens is 2. The molecule has 2 amide bonds. The first-order valence-electron chi connectivity index (χ1n) is 11.6. The normalized spacial score (nSPS) is 19.3. The van der Waals surface area contributed by atoms with Gasteiger partial charge in [-0.25, -0.2) is 4.79 Å². The molecule has 0 unspecified atom stereocenters. The number of alkyl carbamates (subject to hydrolysis) is 1. The second kappa shape index (κ2) is 10.5. The van der Waals surface area contributed by atoms with Gasteiger partial charge in [0.1, 0.15) is 6.10 Å². The molecule has 2 aliphatic rings. The maximum atomic E-state index is 13.4. The topological polar surface area (TPSA) is 118 Å². The van der Waals surface area contributed by atoms with Crippen LogP contribution in [0.4, 0.5) is 4.79 Å². The number of aliphatic hydroxyl groups excluding tert-OH is 1. The van der Waals surface area contributed by atoms with Gasteiger partial charge in [-0.05, 0) is 37.8 Å². The van der Waals surface area contributed by atoms with Crippen LogP contribution < -0.4 is 10.6 Å². The number of morpholine rings is 1. The zero-order valence-electron chi connectivity index (χ0n) is 19.2. The highest BCUT2D eigenvalue weighted by Crippen LogP contribution is 2.37. The number of amides is 2. The Morgan fingerprint density at radius 2 is 2.24 bits per heavy atom. The molecule has 4 rings (SSSR count). The molecule has 2 aromatic rings. The summed E-state index contributed by atoms with van der Waals surface area (Å²) < 4.78 is 12.3. The number of methoxy groups -OCH3 is 1.